The van der Waals surface area contributed by atoms with Crippen LogP contribution in [-0.4, -0.2) is 43.8 Å². The zero-order valence-corrected chi connectivity index (χ0v) is 25.9. The van der Waals surface area contributed by atoms with Gasteiger partial charge in [0.2, 0.25) is 11.8 Å². The third kappa shape index (κ3) is 8.51. The summed E-state index contributed by atoms with van der Waals surface area (Å²) in [5.41, 5.74) is -0.0476. The number of carbonyl (C=O) groups is 2. The fourth-order valence-electron chi connectivity index (χ4n) is 4.48. The molecule has 43 heavy (non-hydrogen) atoms. The monoisotopic (exact) mass is 637 g/mol. The van der Waals surface area contributed by atoms with Gasteiger partial charge in [-0.3, -0.25) is 13.9 Å². The Morgan fingerprint density at radius 1 is 0.953 bits per heavy atom. The molecule has 3 aromatic rings. The lowest BCUT2D eigenvalue weighted by atomic mass is 10.1. The summed E-state index contributed by atoms with van der Waals surface area (Å²) in [6, 6.07) is 15.4. The average molecular weight is 638 g/mol. The second-order valence-electron chi connectivity index (χ2n) is 10.2. The Hall–Kier alpha value is -3.57. The molecule has 1 N–H and O–H groups in total. The topological polar surface area (TPSA) is 86.8 Å². The van der Waals surface area contributed by atoms with Crippen molar-refractivity contribution in [2.45, 2.75) is 70.2 Å². The molecule has 3 aromatic carbocycles. The van der Waals surface area contributed by atoms with E-state index in [1.54, 1.807) is 25.1 Å². The molecule has 232 valence electrons. The van der Waals surface area contributed by atoms with Gasteiger partial charge in [-0.15, -0.1) is 0 Å². The number of rotatable bonds is 12. The zero-order chi connectivity index (χ0) is 31.9. The van der Waals surface area contributed by atoms with Gasteiger partial charge in [0.25, 0.3) is 10.0 Å². The molecule has 0 bridgehead atoms. The number of alkyl halides is 3. The molecule has 0 spiro atoms. The summed E-state index contributed by atoms with van der Waals surface area (Å²) >= 11 is 6.30. The summed E-state index contributed by atoms with van der Waals surface area (Å²) < 4.78 is 69.4. The van der Waals surface area contributed by atoms with Crippen LogP contribution in [0.5, 0.6) is 0 Å². The lowest BCUT2D eigenvalue weighted by molar-refractivity contribution is -0.140. The maximum Gasteiger partial charge on any atom is 0.416 e. The average Bonchev–Trinajstić information content (AvgIpc) is 2.95. The molecule has 12 heteroatoms. The van der Waals surface area contributed by atoms with E-state index in [0.717, 1.165) is 17.7 Å². The van der Waals surface area contributed by atoms with Crippen LogP contribution in [0.15, 0.2) is 77.7 Å². The molecule has 0 radical (unpaired) electrons. The molecule has 0 saturated heterocycles. The van der Waals surface area contributed by atoms with Crippen molar-refractivity contribution in [1.82, 2.24) is 10.2 Å². The summed E-state index contributed by atoms with van der Waals surface area (Å²) in [7, 11) is -4.59. The van der Waals surface area contributed by atoms with Crippen LogP contribution >= 0.6 is 11.6 Å². The Morgan fingerprint density at radius 2 is 1.63 bits per heavy atom. The number of amides is 2. The number of benzene rings is 3. The number of halogens is 4. The van der Waals surface area contributed by atoms with E-state index in [1.165, 1.54) is 29.2 Å². The number of nitrogens with one attached hydrogen (secondary N) is 1. The molecule has 0 aromatic heterocycles. The second-order valence-corrected chi connectivity index (χ2v) is 12.5. The number of aryl methyl sites for hydroxylation is 1. The van der Waals surface area contributed by atoms with Crippen LogP contribution in [0.3, 0.4) is 0 Å². The molecule has 2 atom stereocenters. The molecule has 7 nitrogen and oxygen atoms in total. The fraction of sp³-hybridized carbons (Fsp3) is 0.355. The number of anilines is 1. The number of hydrogen-bond acceptors (Lipinski definition) is 4. The SMILES string of the molecule is CC[C@@H](C)NC(=O)[C@H](CC)N(Cc1cccc(C)c1)C(=O)CN(c1cc(C(F)(F)F)ccc1Cl)S(=O)(=O)c1ccccc1. The largest absolute Gasteiger partial charge is 0.416 e. The first-order chi connectivity index (χ1) is 20.2. The Labute approximate surface area is 255 Å². The van der Waals surface area contributed by atoms with E-state index >= 15 is 0 Å². The Balaban J connectivity index is 2.15. The van der Waals surface area contributed by atoms with Crippen LogP contribution in [0.1, 0.15) is 50.3 Å². The van der Waals surface area contributed by atoms with Crippen molar-refractivity contribution in [3.05, 3.63) is 94.5 Å². The van der Waals surface area contributed by atoms with Crippen LogP contribution < -0.4 is 9.62 Å². The van der Waals surface area contributed by atoms with Crippen LogP contribution in [0.4, 0.5) is 18.9 Å². The normalized spacial score (nSPS) is 13.2. The Kier molecular flexibility index (Phi) is 11.3. The lowest BCUT2D eigenvalue weighted by Gasteiger charge is -2.34. The third-order valence-corrected chi connectivity index (χ3v) is 9.07. The van der Waals surface area contributed by atoms with Crippen LogP contribution in [0, 0.1) is 6.92 Å². The lowest BCUT2D eigenvalue weighted by Crippen LogP contribution is -2.53. The van der Waals surface area contributed by atoms with Gasteiger partial charge < -0.3 is 10.2 Å². The standard InChI is InChI=1S/C31H35ClF3N3O4S/c1-5-22(4)36-30(40)27(6-2)37(19-23-12-10-11-21(3)17-23)29(39)20-38(43(41,42)25-13-8-7-9-14-25)28-18-24(31(33,34)35)15-16-26(28)32/h7-18,22,27H,5-6,19-20H2,1-4H3,(H,36,40)/t22-,27+/m1/s1. The van der Waals surface area contributed by atoms with Crippen molar-refractivity contribution in [2.75, 3.05) is 10.8 Å². The quantitative estimate of drug-likeness (QED) is 0.243. The minimum absolute atomic E-state index is 0.0392. The van der Waals surface area contributed by atoms with Crippen molar-refractivity contribution in [3.63, 3.8) is 0 Å². The van der Waals surface area contributed by atoms with E-state index in [1.807, 2.05) is 32.9 Å². The molecule has 0 fully saturated rings. The van der Waals surface area contributed by atoms with E-state index in [0.29, 0.717) is 22.4 Å². The first-order valence-corrected chi connectivity index (χ1v) is 15.6. The maximum atomic E-state index is 14.1. The number of nitrogens with zero attached hydrogens (tertiary/aromatic N) is 2. The maximum absolute atomic E-state index is 14.1. The number of hydrogen-bond donors (Lipinski definition) is 1. The smallest absolute Gasteiger partial charge is 0.352 e. The van der Waals surface area contributed by atoms with Crippen molar-refractivity contribution < 1.29 is 31.2 Å². The third-order valence-electron chi connectivity index (χ3n) is 6.97. The zero-order valence-electron chi connectivity index (χ0n) is 24.4. The van der Waals surface area contributed by atoms with Crippen molar-refractivity contribution in [2.24, 2.45) is 0 Å². The predicted molar refractivity (Wildman–Crippen MR) is 161 cm³/mol. The minimum atomic E-state index is -4.80. The summed E-state index contributed by atoms with van der Waals surface area (Å²) in [6.45, 7) is 6.36. The van der Waals surface area contributed by atoms with Gasteiger partial charge in [0.15, 0.2) is 0 Å². The van der Waals surface area contributed by atoms with Gasteiger partial charge >= 0.3 is 6.18 Å². The Morgan fingerprint density at radius 3 is 2.21 bits per heavy atom. The van der Waals surface area contributed by atoms with Gasteiger partial charge in [0.05, 0.1) is 21.2 Å². The fourth-order valence-corrected chi connectivity index (χ4v) is 6.20. The molecule has 0 heterocycles. The van der Waals surface area contributed by atoms with Gasteiger partial charge in [0.1, 0.15) is 12.6 Å². The molecule has 0 aliphatic heterocycles. The highest BCUT2D eigenvalue weighted by atomic mass is 35.5. The molecular weight excluding hydrogens is 603 g/mol. The molecule has 0 saturated carbocycles. The van der Waals surface area contributed by atoms with Crippen LogP contribution in [0.25, 0.3) is 0 Å². The van der Waals surface area contributed by atoms with Crippen LogP contribution in [0.2, 0.25) is 5.02 Å². The van der Waals surface area contributed by atoms with Gasteiger partial charge in [0, 0.05) is 12.6 Å². The van der Waals surface area contributed by atoms with E-state index in [9.17, 15) is 31.2 Å². The molecule has 2 amide bonds. The van der Waals surface area contributed by atoms with E-state index in [4.69, 9.17) is 11.6 Å². The highest BCUT2D eigenvalue weighted by molar-refractivity contribution is 7.92. The van der Waals surface area contributed by atoms with Crippen molar-refractivity contribution >= 4 is 39.1 Å². The van der Waals surface area contributed by atoms with Crippen molar-refractivity contribution in [1.29, 1.82) is 0 Å². The highest BCUT2D eigenvalue weighted by Gasteiger charge is 2.37. The van der Waals surface area contributed by atoms with E-state index in [2.05, 4.69) is 5.32 Å². The summed E-state index contributed by atoms with van der Waals surface area (Å²) in [6.07, 6.45) is -3.95. The first kappa shape index (κ1) is 33.9. The predicted octanol–water partition coefficient (Wildman–Crippen LogP) is 6.58. The van der Waals surface area contributed by atoms with Gasteiger partial charge in [-0.2, -0.15) is 13.2 Å². The second kappa shape index (κ2) is 14.3. The highest BCUT2D eigenvalue weighted by Crippen LogP contribution is 2.37. The van der Waals surface area contributed by atoms with E-state index < -0.39 is 51.9 Å². The Bertz CT molecular complexity index is 1530. The minimum Gasteiger partial charge on any atom is -0.352 e. The molecule has 3 rings (SSSR count). The summed E-state index contributed by atoms with van der Waals surface area (Å²) in [5, 5.41) is 2.58. The number of carbonyl (C=O) groups excluding carboxylic acids is 2. The molecular formula is C31H35ClF3N3O4S. The molecule has 0 unspecified atom stereocenters. The molecule has 0 aliphatic carbocycles. The van der Waals surface area contributed by atoms with Crippen LogP contribution in [-0.2, 0) is 32.3 Å². The number of sulfonamides is 1. The van der Waals surface area contributed by atoms with Crippen molar-refractivity contribution in [3.8, 4) is 0 Å². The van der Waals surface area contributed by atoms with Gasteiger partial charge in [-0.05, 0) is 62.6 Å². The first-order valence-electron chi connectivity index (χ1n) is 13.8. The summed E-state index contributed by atoms with van der Waals surface area (Å²) in [4.78, 5) is 28.5. The van der Waals surface area contributed by atoms with Gasteiger partial charge in [-0.25, -0.2) is 8.42 Å². The van der Waals surface area contributed by atoms with Gasteiger partial charge in [-0.1, -0.05) is 73.5 Å². The summed E-state index contributed by atoms with van der Waals surface area (Å²) in [5.74, 6) is -1.21. The van der Waals surface area contributed by atoms with E-state index in [-0.39, 0.29) is 28.9 Å². The molecule has 0 aliphatic rings.